The number of benzene rings is 2. The zero-order chi connectivity index (χ0) is 15.9. The monoisotopic (exact) mass is 305 g/mol. The Morgan fingerprint density at radius 2 is 1.83 bits per heavy atom. The van der Waals surface area contributed by atoms with Crippen LogP contribution in [0.15, 0.2) is 67.3 Å². The average Bonchev–Trinajstić information content (AvgIpc) is 3.08. The van der Waals surface area contributed by atoms with E-state index in [9.17, 15) is 5.11 Å². The summed E-state index contributed by atoms with van der Waals surface area (Å²) in [6.45, 7) is 0. The average molecular weight is 305 g/mol. The summed E-state index contributed by atoms with van der Waals surface area (Å²) >= 11 is 0. The standard InChI is InChI=1S/C19H19N3O/c20-19(11-16(23)12-19)15-7-5-14(6-8-15)17-3-1-2-4-18(17)22-10-9-21-13-22/h1-10,13,16,23H,11-12,20H2. The maximum atomic E-state index is 9.53. The van der Waals surface area contributed by atoms with Crippen molar-refractivity contribution in [1.82, 2.24) is 9.55 Å². The Labute approximate surface area is 135 Å². The molecule has 4 heteroatoms. The SMILES string of the molecule is NC1(c2ccc(-c3ccccc3-n3ccnc3)cc2)CC(O)C1. The van der Waals surface area contributed by atoms with Crippen molar-refractivity contribution in [3.05, 3.63) is 72.8 Å². The van der Waals surface area contributed by atoms with Gasteiger partial charge in [-0.2, -0.15) is 0 Å². The number of nitrogens with zero attached hydrogens (tertiary/aromatic N) is 2. The topological polar surface area (TPSA) is 64.1 Å². The number of hydrogen-bond donors (Lipinski definition) is 2. The molecule has 0 atom stereocenters. The lowest BCUT2D eigenvalue weighted by molar-refractivity contribution is 0.0209. The molecule has 1 heterocycles. The predicted molar refractivity (Wildman–Crippen MR) is 90.1 cm³/mol. The van der Waals surface area contributed by atoms with Gasteiger partial charge in [0.2, 0.25) is 0 Å². The molecule has 3 aromatic rings. The summed E-state index contributed by atoms with van der Waals surface area (Å²) in [5.41, 5.74) is 10.4. The number of nitrogens with two attached hydrogens (primary N) is 1. The van der Waals surface area contributed by atoms with E-state index in [4.69, 9.17) is 5.73 Å². The summed E-state index contributed by atoms with van der Waals surface area (Å²) in [4.78, 5) is 4.13. The second-order valence-electron chi connectivity index (χ2n) is 6.28. The molecule has 1 saturated carbocycles. The molecule has 1 aromatic heterocycles. The van der Waals surface area contributed by atoms with Gasteiger partial charge in [-0.1, -0.05) is 42.5 Å². The van der Waals surface area contributed by atoms with Crippen molar-refractivity contribution in [1.29, 1.82) is 0 Å². The van der Waals surface area contributed by atoms with Crippen molar-refractivity contribution in [2.45, 2.75) is 24.5 Å². The van der Waals surface area contributed by atoms with Gasteiger partial charge in [-0.25, -0.2) is 4.98 Å². The van der Waals surface area contributed by atoms with Crippen molar-refractivity contribution >= 4 is 0 Å². The first-order chi connectivity index (χ1) is 11.2. The quantitative estimate of drug-likeness (QED) is 0.782. The molecule has 4 nitrogen and oxygen atoms in total. The van der Waals surface area contributed by atoms with Gasteiger partial charge < -0.3 is 15.4 Å². The molecular formula is C19H19N3O. The van der Waals surface area contributed by atoms with Gasteiger partial charge in [-0.3, -0.25) is 0 Å². The van der Waals surface area contributed by atoms with Crippen molar-refractivity contribution in [2.24, 2.45) is 5.73 Å². The number of aliphatic hydroxyl groups is 1. The molecule has 2 aromatic carbocycles. The van der Waals surface area contributed by atoms with E-state index in [1.54, 1.807) is 12.5 Å². The minimum Gasteiger partial charge on any atom is -0.393 e. The van der Waals surface area contributed by atoms with E-state index >= 15 is 0 Å². The van der Waals surface area contributed by atoms with Crippen molar-refractivity contribution in [2.75, 3.05) is 0 Å². The lowest BCUT2D eigenvalue weighted by Gasteiger charge is -2.42. The summed E-state index contributed by atoms with van der Waals surface area (Å²) in [6, 6.07) is 16.6. The molecule has 1 aliphatic carbocycles. The molecule has 0 spiro atoms. The van der Waals surface area contributed by atoms with Gasteiger partial charge in [0.1, 0.15) is 0 Å². The molecular weight excluding hydrogens is 286 g/mol. The fourth-order valence-electron chi connectivity index (χ4n) is 3.34. The van der Waals surface area contributed by atoms with E-state index in [1.807, 2.05) is 22.9 Å². The van der Waals surface area contributed by atoms with Crippen LogP contribution >= 0.6 is 0 Å². The van der Waals surface area contributed by atoms with E-state index in [1.165, 1.54) is 0 Å². The van der Waals surface area contributed by atoms with E-state index in [-0.39, 0.29) is 11.6 Å². The van der Waals surface area contributed by atoms with Crippen molar-refractivity contribution < 1.29 is 5.11 Å². The normalized spacial score (nSPS) is 23.5. The third kappa shape index (κ3) is 2.46. The third-order valence-electron chi connectivity index (χ3n) is 4.66. The first-order valence-electron chi connectivity index (χ1n) is 7.81. The highest BCUT2D eigenvalue weighted by Crippen LogP contribution is 2.39. The largest absolute Gasteiger partial charge is 0.393 e. The van der Waals surface area contributed by atoms with Crippen molar-refractivity contribution in [3.63, 3.8) is 0 Å². The van der Waals surface area contributed by atoms with E-state index < -0.39 is 0 Å². The fourth-order valence-corrected chi connectivity index (χ4v) is 3.34. The molecule has 1 fully saturated rings. The molecule has 116 valence electrons. The number of hydrogen-bond acceptors (Lipinski definition) is 3. The van der Waals surface area contributed by atoms with Gasteiger partial charge in [-0.05, 0) is 30.0 Å². The van der Waals surface area contributed by atoms with Gasteiger partial charge in [0.15, 0.2) is 0 Å². The summed E-state index contributed by atoms with van der Waals surface area (Å²) in [7, 11) is 0. The molecule has 0 saturated heterocycles. The summed E-state index contributed by atoms with van der Waals surface area (Å²) in [6.07, 6.45) is 6.53. The minimum atomic E-state index is -0.373. The van der Waals surface area contributed by atoms with Crippen LogP contribution in [-0.2, 0) is 5.54 Å². The van der Waals surface area contributed by atoms with Gasteiger partial charge in [0, 0.05) is 23.5 Å². The molecule has 3 N–H and O–H groups in total. The Bertz CT molecular complexity index is 803. The second-order valence-corrected chi connectivity index (χ2v) is 6.28. The summed E-state index contributed by atoms with van der Waals surface area (Å²) in [5, 5.41) is 9.53. The number of para-hydroxylation sites is 1. The Kier molecular flexibility index (Phi) is 3.29. The minimum absolute atomic E-state index is 0.262. The first-order valence-corrected chi connectivity index (χ1v) is 7.81. The Morgan fingerprint density at radius 1 is 1.09 bits per heavy atom. The molecule has 0 bridgehead atoms. The maximum Gasteiger partial charge on any atom is 0.0991 e. The summed E-state index contributed by atoms with van der Waals surface area (Å²) < 4.78 is 2.01. The van der Waals surface area contributed by atoms with E-state index in [0.717, 1.165) is 22.4 Å². The Morgan fingerprint density at radius 3 is 2.48 bits per heavy atom. The molecule has 0 amide bonds. The zero-order valence-corrected chi connectivity index (χ0v) is 12.8. The third-order valence-corrected chi connectivity index (χ3v) is 4.66. The lowest BCUT2D eigenvalue weighted by atomic mass is 9.70. The highest BCUT2D eigenvalue weighted by Gasteiger charge is 2.41. The zero-order valence-electron chi connectivity index (χ0n) is 12.8. The molecule has 0 unspecified atom stereocenters. The number of imidazole rings is 1. The predicted octanol–water partition coefficient (Wildman–Crippen LogP) is 2.85. The first kappa shape index (κ1) is 14.2. The second kappa shape index (κ2) is 5.33. The van der Waals surface area contributed by atoms with Crippen LogP contribution in [0.1, 0.15) is 18.4 Å². The van der Waals surface area contributed by atoms with Crippen molar-refractivity contribution in [3.8, 4) is 16.8 Å². The Balaban J connectivity index is 1.70. The molecule has 0 aliphatic heterocycles. The molecule has 4 rings (SSSR count). The van der Waals surface area contributed by atoms with E-state index in [0.29, 0.717) is 12.8 Å². The van der Waals surface area contributed by atoms with Crippen LogP contribution in [0.4, 0.5) is 0 Å². The van der Waals surface area contributed by atoms with Crippen LogP contribution in [0.25, 0.3) is 16.8 Å². The maximum absolute atomic E-state index is 9.53. The van der Waals surface area contributed by atoms with Gasteiger partial charge in [-0.15, -0.1) is 0 Å². The molecule has 1 aliphatic rings. The van der Waals surface area contributed by atoms with Gasteiger partial charge >= 0.3 is 0 Å². The van der Waals surface area contributed by atoms with Crippen LogP contribution in [0.5, 0.6) is 0 Å². The van der Waals surface area contributed by atoms with Gasteiger partial charge in [0.05, 0.1) is 18.1 Å². The van der Waals surface area contributed by atoms with E-state index in [2.05, 4.69) is 41.4 Å². The number of rotatable bonds is 3. The number of aromatic nitrogens is 2. The van der Waals surface area contributed by atoms with Crippen LogP contribution in [0.3, 0.4) is 0 Å². The highest BCUT2D eigenvalue weighted by molar-refractivity contribution is 5.73. The Hall–Kier alpha value is -2.43. The van der Waals surface area contributed by atoms with Crippen LogP contribution in [-0.4, -0.2) is 20.8 Å². The molecule has 23 heavy (non-hydrogen) atoms. The smallest absolute Gasteiger partial charge is 0.0991 e. The van der Waals surface area contributed by atoms with Crippen LogP contribution < -0.4 is 5.73 Å². The van der Waals surface area contributed by atoms with Crippen LogP contribution in [0, 0.1) is 0 Å². The highest BCUT2D eigenvalue weighted by atomic mass is 16.3. The lowest BCUT2D eigenvalue weighted by Crippen LogP contribution is -2.51. The number of aliphatic hydroxyl groups excluding tert-OH is 1. The fraction of sp³-hybridized carbons (Fsp3) is 0.211. The van der Waals surface area contributed by atoms with Gasteiger partial charge in [0.25, 0.3) is 0 Å². The van der Waals surface area contributed by atoms with Crippen LogP contribution in [0.2, 0.25) is 0 Å². The summed E-state index contributed by atoms with van der Waals surface area (Å²) in [5.74, 6) is 0. The molecule has 0 radical (unpaired) electrons.